The van der Waals surface area contributed by atoms with E-state index in [1.165, 1.54) is 12.8 Å². The van der Waals surface area contributed by atoms with Crippen molar-refractivity contribution in [3.05, 3.63) is 52.4 Å². The molecule has 1 aliphatic carbocycles. The first kappa shape index (κ1) is 22.6. The van der Waals surface area contributed by atoms with Crippen LogP contribution in [0.25, 0.3) is 11.0 Å². The highest BCUT2D eigenvalue weighted by atomic mass is 16.6. The molecule has 1 aliphatic heterocycles. The first-order chi connectivity index (χ1) is 15.1. The van der Waals surface area contributed by atoms with Crippen LogP contribution in [-0.2, 0) is 21.4 Å². The molecule has 2 aliphatic rings. The number of hydrogen-bond acceptors (Lipinski definition) is 6. The first-order valence-corrected chi connectivity index (χ1v) is 11.5. The van der Waals surface area contributed by atoms with Crippen molar-refractivity contribution in [2.24, 2.45) is 0 Å². The molecule has 172 valence electrons. The van der Waals surface area contributed by atoms with Crippen molar-refractivity contribution >= 4 is 16.9 Å². The first-order valence-electron chi connectivity index (χ1n) is 11.5. The van der Waals surface area contributed by atoms with E-state index in [-0.39, 0.29) is 24.2 Å². The van der Waals surface area contributed by atoms with Crippen molar-refractivity contribution in [2.75, 3.05) is 6.54 Å². The molecule has 1 aromatic carbocycles. The number of carbonyl (C=O) groups excluding carboxylic acids is 1. The van der Waals surface area contributed by atoms with E-state index in [9.17, 15) is 9.59 Å². The molecule has 32 heavy (non-hydrogen) atoms. The summed E-state index contributed by atoms with van der Waals surface area (Å²) in [6, 6.07) is 6.04. The molecule has 0 saturated heterocycles. The summed E-state index contributed by atoms with van der Waals surface area (Å²) in [5.74, 6) is 0.392. The molecule has 0 bridgehead atoms. The second kappa shape index (κ2) is 8.39. The number of ether oxygens (including phenoxy) is 2. The van der Waals surface area contributed by atoms with Gasteiger partial charge in [-0.2, -0.15) is 0 Å². The Labute approximate surface area is 189 Å². The number of rotatable bonds is 7. The fraction of sp³-hybridized carbons (Fsp3) is 0.538. The third kappa shape index (κ3) is 4.46. The van der Waals surface area contributed by atoms with Gasteiger partial charge < -0.3 is 19.2 Å². The zero-order valence-electron chi connectivity index (χ0n) is 19.5. The molecule has 1 saturated carbocycles. The van der Waals surface area contributed by atoms with Gasteiger partial charge in [-0.3, -0.25) is 4.79 Å². The molecule has 0 spiro atoms. The molecule has 1 aromatic heterocycles. The van der Waals surface area contributed by atoms with Crippen LogP contribution in [0.2, 0.25) is 0 Å². The molecule has 0 radical (unpaired) electrons. The summed E-state index contributed by atoms with van der Waals surface area (Å²) in [6.07, 6.45) is 6.71. The van der Waals surface area contributed by atoms with Gasteiger partial charge in [-0.15, -0.1) is 6.58 Å². The number of esters is 1. The Balaban J connectivity index is 1.49. The number of nitrogens with one attached hydrogen (secondary N) is 1. The Bertz CT molecular complexity index is 1090. The Morgan fingerprint density at radius 3 is 2.62 bits per heavy atom. The SMILES string of the molecule is C=CC(C)(C)c1cc2cc3c(cc2oc1=O)O[C@@H](C(C)(C)OC(=O)CNC1CCCC1)C3. The lowest BCUT2D eigenvalue weighted by Crippen LogP contribution is -2.45. The second-order valence-electron chi connectivity index (χ2n) is 10.1. The fourth-order valence-corrected chi connectivity index (χ4v) is 4.56. The summed E-state index contributed by atoms with van der Waals surface area (Å²) in [5, 5.41) is 4.14. The molecule has 1 N–H and O–H groups in total. The third-order valence-electron chi connectivity index (χ3n) is 6.84. The predicted octanol–water partition coefficient (Wildman–Crippen LogP) is 4.41. The lowest BCUT2D eigenvalue weighted by molar-refractivity contribution is -0.163. The number of carbonyl (C=O) groups is 1. The Morgan fingerprint density at radius 2 is 1.94 bits per heavy atom. The van der Waals surface area contributed by atoms with Crippen molar-refractivity contribution in [2.45, 2.75) is 83.0 Å². The number of hydrogen-bond donors (Lipinski definition) is 1. The van der Waals surface area contributed by atoms with Gasteiger partial charge in [0.05, 0.1) is 6.54 Å². The van der Waals surface area contributed by atoms with Crippen molar-refractivity contribution < 1.29 is 18.7 Å². The Morgan fingerprint density at radius 1 is 1.22 bits per heavy atom. The smallest absolute Gasteiger partial charge is 0.340 e. The van der Waals surface area contributed by atoms with Crippen LogP contribution in [0.15, 0.2) is 40.1 Å². The molecule has 2 heterocycles. The number of allylic oxidation sites excluding steroid dienone is 1. The van der Waals surface area contributed by atoms with Crippen molar-refractivity contribution in [1.29, 1.82) is 0 Å². The van der Waals surface area contributed by atoms with Crippen molar-refractivity contribution in [3.8, 4) is 5.75 Å². The Kier molecular flexibility index (Phi) is 5.93. The van der Waals surface area contributed by atoms with E-state index in [2.05, 4.69) is 11.9 Å². The monoisotopic (exact) mass is 439 g/mol. The maximum atomic E-state index is 12.5. The summed E-state index contributed by atoms with van der Waals surface area (Å²) in [5.41, 5.74) is 0.396. The van der Waals surface area contributed by atoms with E-state index < -0.39 is 11.0 Å². The van der Waals surface area contributed by atoms with Crippen molar-refractivity contribution in [3.63, 3.8) is 0 Å². The van der Waals surface area contributed by atoms with Gasteiger partial charge in [0.15, 0.2) is 0 Å². The maximum Gasteiger partial charge on any atom is 0.340 e. The highest BCUT2D eigenvalue weighted by Gasteiger charge is 2.40. The van der Waals surface area contributed by atoms with Gasteiger partial charge >= 0.3 is 11.6 Å². The van der Waals surface area contributed by atoms with Gasteiger partial charge in [0.25, 0.3) is 0 Å². The highest BCUT2D eigenvalue weighted by Crippen LogP contribution is 2.38. The molecule has 6 nitrogen and oxygen atoms in total. The molecular weight excluding hydrogens is 406 g/mol. The average Bonchev–Trinajstić information content (AvgIpc) is 3.39. The largest absolute Gasteiger partial charge is 0.485 e. The number of fused-ring (bicyclic) bond motifs is 2. The van der Waals surface area contributed by atoms with Crippen LogP contribution >= 0.6 is 0 Å². The molecular formula is C26H33NO5. The average molecular weight is 440 g/mol. The normalized spacial score (nSPS) is 19.1. The zero-order valence-corrected chi connectivity index (χ0v) is 19.5. The van der Waals surface area contributed by atoms with Crippen LogP contribution in [0, 0.1) is 0 Å². The Hall–Kier alpha value is -2.60. The van der Waals surface area contributed by atoms with Gasteiger partial charge in [0.1, 0.15) is 23.0 Å². The molecule has 2 aromatic rings. The quantitative estimate of drug-likeness (QED) is 0.391. The topological polar surface area (TPSA) is 77.8 Å². The molecule has 0 unspecified atom stereocenters. The van der Waals surface area contributed by atoms with E-state index in [4.69, 9.17) is 13.9 Å². The van der Waals surface area contributed by atoms with Gasteiger partial charge in [0, 0.05) is 34.9 Å². The van der Waals surface area contributed by atoms with E-state index in [1.807, 2.05) is 39.8 Å². The summed E-state index contributed by atoms with van der Waals surface area (Å²) in [6.45, 7) is 11.7. The lowest BCUT2D eigenvalue weighted by Gasteiger charge is -2.31. The molecule has 0 amide bonds. The standard InChI is InChI=1S/C26H33NO5/c1-6-25(2,3)19-12-16-11-17-13-22(30-20(17)14-21(16)31-24(19)29)26(4,5)32-23(28)15-27-18-9-7-8-10-18/h6,11-12,14,18,22,27H,1,7-10,13,15H2,2-5H3/t22-/m1/s1. The lowest BCUT2D eigenvalue weighted by atomic mass is 9.85. The van der Waals surface area contributed by atoms with Crippen LogP contribution < -0.4 is 15.7 Å². The van der Waals surface area contributed by atoms with E-state index >= 15 is 0 Å². The molecule has 4 rings (SSSR count). The summed E-state index contributed by atoms with van der Waals surface area (Å²) in [7, 11) is 0. The minimum absolute atomic E-state index is 0.213. The van der Waals surface area contributed by atoms with E-state index in [0.717, 1.165) is 23.8 Å². The molecule has 1 atom stereocenters. The van der Waals surface area contributed by atoms with Gasteiger partial charge in [0.2, 0.25) is 0 Å². The van der Waals surface area contributed by atoms with E-state index in [1.54, 1.807) is 12.1 Å². The van der Waals surface area contributed by atoms with Crippen LogP contribution in [0.5, 0.6) is 5.75 Å². The highest BCUT2D eigenvalue weighted by molar-refractivity contribution is 5.81. The molecule has 6 heteroatoms. The second-order valence-corrected chi connectivity index (χ2v) is 10.1. The fourth-order valence-electron chi connectivity index (χ4n) is 4.56. The van der Waals surface area contributed by atoms with Crippen LogP contribution in [0.4, 0.5) is 0 Å². The van der Waals surface area contributed by atoms with Gasteiger partial charge in [-0.05, 0) is 44.4 Å². The maximum absolute atomic E-state index is 12.5. The van der Waals surface area contributed by atoms with Crippen molar-refractivity contribution in [1.82, 2.24) is 5.32 Å². The minimum Gasteiger partial charge on any atom is -0.485 e. The van der Waals surface area contributed by atoms with Gasteiger partial charge in [-0.25, -0.2) is 4.79 Å². The third-order valence-corrected chi connectivity index (χ3v) is 6.84. The van der Waals surface area contributed by atoms with Crippen LogP contribution in [0.1, 0.15) is 64.5 Å². The molecule has 1 fully saturated rings. The summed E-state index contributed by atoms with van der Waals surface area (Å²) >= 11 is 0. The van der Waals surface area contributed by atoms with Gasteiger partial charge in [-0.1, -0.05) is 32.8 Å². The van der Waals surface area contributed by atoms with Crippen LogP contribution in [-0.4, -0.2) is 30.3 Å². The summed E-state index contributed by atoms with van der Waals surface area (Å²) in [4.78, 5) is 25.0. The van der Waals surface area contributed by atoms with E-state index in [0.29, 0.717) is 29.4 Å². The zero-order chi connectivity index (χ0) is 23.1. The number of benzene rings is 1. The predicted molar refractivity (Wildman–Crippen MR) is 124 cm³/mol. The summed E-state index contributed by atoms with van der Waals surface area (Å²) < 4.78 is 17.5. The van der Waals surface area contributed by atoms with Crippen LogP contribution in [0.3, 0.4) is 0 Å². The minimum atomic E-state index is -0.795.